The van der Waals surface area contributed by atoms with Gasteiger partial charge in [0, 0.05) is 0 Å². The van der Waals surface area contributed by atoms with Gasteiger partial charge in [-0.05, 0) is 32.6 Å². The summed E-state index contributed by atoms with van der Waals surface area (Å²) in [6.45, 7) is 6.53. The molecule has 0 saturated heterocycles. The second kappa shape index (κ2) is 4.10. The summed E-state index contributed by atoms with van der Waals surface area (Å²) in [5.74, 6) is 0.845. The molecule has 1 fully saturated rings. The van der Waals surface area contributed by atoms with Crippen LogP contribution in [0.5, 0.6) is 0 Å². The van der Waals surface area contributed by atoms with Crippen LogP contribution in [0.3, 0.4) is 0 Å². The highest BCUT2D eigenvalue weighted by Crippen LogP contribution is 2.31. The monoisotopic (exact) mass is 156 g/mol. The Hall–Kier alpha value is -0.0400. The summed E-state index contributed by atoms with van der Waals surface area (Å²) in [6.07, 6.45) is 6.31. The molecule has 0 spiro atoms. The molecule has 0 bridgehead atoms. The van der Waals surface area contributed by atoms with E-state index in [9.17, 15) is 0 Å². The van der Waals surface area contributed by atoms with Crippen LogP contribution in [-0.4, -0.2) is 12.2 Å². The van der Waals surface area contributed by atoms with Gasteiger partial charge in [-0.15, -0.1) is 0 Å². The number of rotatable bonds is 3. The van der Waals surface area contributed by atoms with Crippen molar-refractivity contribution in [2.75, 3.05) is 0 Å². The first-order chi connectivity index (χ1) is 5.24. The summed E-state index contributed by atoms with van der Waals surface area (Å²) in [4.78, 5) is 0. The molecule has 1 heteroatoms. The molecule has 1 aliphatic carbocycles. The molecule has 0 unspecified atom stereocenters. The van der Waals surface area contributed by atoms with E-state index in [0.717, 1.165) is 5.92 Å². The second-order valence-electron chi connectivity index (χ2n) is 3.82. The molecule has 2 atom stereocenters. The Labute approximate surface area is 70.1 Å². The van der Waals surface area contributed by atoms with Crippen LogP contribution in [0.25, 0.3) is 0 Å². The van der Waals surface area contributed by atoms with Crippen LogP contribution in [-0.2, 0) is 4.74 Å². The predicted molar refractivity (Wildman–Crippen MR) is 47.6 cm³/mol. The SMILES string of the molecule is CC[C@H]1CCC[C@H]1OC(C)C. The highest BCUT2D eigenvalue weighted by Gasteiger charge is 2.26. The Balaban J connectivity index is 2.31. The quantitative estimate of drug-likeness (QED) is 0.610. The lowest BCUT2D eigenvalue weighted by molar-refractivity contribution is -0.0138. The topological polar surface area (TPSA) is 9.23 Å². The first kappa shape index (κ1) is 9.05. The molecule has 66 valence electrons. The average Bonchev–Trinajstić information content (AvgIpc) is 2.34. The van der Waals surface area contributed by atoms with Gasteiger partial charge in [0.1, 0.15) is 0 Å². The van der Waals surface area contributed by atoms with Gasteiger partial charge in [-0.25, -0.2) is 0 Å². The molecule has 1 saturated carbocycles. The van der Waals surface area contributed by atoms with Gasteiger partial charge >= 0.3 is 0 Å². The third-order valence-electron chi connectivity index (χ3n) is 2.56. The molecule has 0 aromatic heterocycles. The van der Waals surface area contributed by atoms with Crippen LogP contribution in [0.4, 0.5) is 0 Å². The van der Waals surface area contributed by atoms with Gasteiger partial charge in [0.05, 0.1) is 12.2 Å². The lowest BCUT2D eigenvalue weighted by atomic mass is 10.0. The Morgan fingerprint density at radius 2 is 2.09 bits per heavy atom. The van der Waals surface area contributed by atoms with Crippen molar-refractivity contribution in [3.8, 4) is 0 Å². The summed E-state index contributed by atoms with van der Waals surface area (Å²) in [5, 5.41) is 0. The zero-order valence-corrected chi connectivity index (χ0v) is 7.97. The van der Waals surface area contributed by atoms with Crippen LogP contribution in [0.1, 0.15) is 46.5 Å². The summed E-state index contributed by atoms with van der Waals surface area (Å²) >= 11 is 0. The maximum Gasteiger partial charge on any atom is 0.0606 e. The molecule has 0 radical (unpaired) electrons. The first-order valence-corrected chi connectivity index (χ1v) is 4.89. The van der Waals surface area contributed by atoms with Crippen LogP contribution in [0.2, 0.25) is 0 Å². The lowest BCUT2D eigenvalue weighted by Gasteiger charge is -2.20. The van der Waals surface area contributed by atoms with Gasteiger partial charge < -0.3 is 4.74 Å². The minimum Gasteiger partial charge on any atom is -0.375 e. The van der Waals surface area contributed by atoms with E-state index in [1.165, 1.54) is 25.7 Å². The fourth-order valence-electron chi connectivity index (χ4n) is 2.00. The molecule has 0 aromatic rings. The highest BCUT2D eigenvalue weighted by molar-refractivity contribution is 4.77. The molecular weight excluding hydrogens is 136 g/mol. The van der Waals surface area contributed by atoms with Crippen molar-refractivity contribution in [2.24, 2.45) is 5.92 Å². The van der Waals surface area contributed by atoms with Crippen LogP contribution in [0.15, 0.2) is 0 Å². The summed E-state index contributed by atoms with van der Waals surface area (Å²) < 4.78 is 5.81. The van der Waals surface area contributed by atoms with E-state index < -0.39 is 0 Å². The van der Waals surface area contributed by atoms with Crippen molar-refractivity contribution in [1.29, 1.82) is 0 Å². The standard InChI is InChI=1S/C10H20O/c1-4-9-6-5-7-10(9)11-8(2)3/h8-10H,4-7H2,1-3H3/t9-,10+/m0/s1. The van der Waals surface area contributed by atoms with E-state index in [2.05, 4.69) is 20.8 Å². The number of ether oxygens (including phenoxy) is 1. The third kappa shape index (κ3) is 2.48. The van der Waals surface area contributed by atoms with Crippen molar-refractivity contribution < 1.29 is 4.74 Å². The van der Waals surface area contributed by atoms with Crippen molar-refractivity contribution >= 4 is 0 Å². The Morgan fingerprint density at radius 1 is 1.36 bits per heavy atom. The smallest absolute Gasteiger partial charge is 0.0606 e. The molecule has 0 amide bonds. The van der Waals surface area contributed by atoms with Gasteiger partial charge in [-0.1, -0.05) is 19.8 Å². The third-order valence-corrected chi connectivity index (χ3v) is 2.56. The van der Waals surface area contributed by atoms with Crippen molar-refractivity contribution in [1.82, 2.24) is 0 Å². The van der Waals surface area contributed by atoms with E-state index in [0.29, 0.717) is 12.2 Å². The van der Waals surface area contributed by atoms with Gasteiger partial charge in [-0.3, -0.25) is 0 Å². The summed E-state index contributed by atoms with van der Waals surface area (Å²) in [7, 11) is 0. The molecule has 0 heterocycles. The minimum atomic E-state index is 0.409. The van der Waals surface area contributed by atoms with Crippen LogP contribution < -0.4 is 0 Å². The molecule has 1 rings (SSSR count). The Kier molecular flexibility index (Phi) is 3.38. The highest BCUT2D eigenvalue weighted by atomic mass is 16.5. The van der Waals surface area contributed by atoms with Crippen molar-refractivity contribution in [3.63, 3.8) is 0 Å². The molecule has 11 heavy (non-hydrogen) atoms. The van der Waals surface area contributed by atoms with Crippen molar-refractivity contribution in [2.45, 2.75) is 58.7 Å². The van der Waals surface area contributed by atoms with Crippen LogP contribution in [0, 0.1) is 5.92 Å². The Morgan fingerprint density at radius 3 is 2.64 bits per heavy atom. The molecule has 1 nitrogen and oxygen atoms in total. The maximum atomic E-state index is 5.81. The zero-order valence-electron chi connectivity index (χ0n) is 7.97. The normalized spacial score (nSPS) is 31.6. The van der Waals surface area contributed by atoms with Gasteiger partial charge in [0.2, 0.25) is 0 Å². The molecule has 0 aliphatic heterocycles. The van der Waals surface area contributed by atoms with Gasteiger partial charge in [-0.2, -0.15) is 0 Å². The average molecular weight is 156 g/mol. The number of hydrogen-bond donors (Lipinski definition) is 0. The molecular formula is C10H20O. The predicted octanol–water partition coefficient (Wildman–Crippen LogP) is 2.99. The fourth-order valence-corrected chi connectivity index (χ4v) is 2.00. The van der Waals surface area contributed by atoms with Crippen molar-refractivity contribution in [3.05, 3.63) is 0 Å². The Bertz CT molecular complexity index is 109. The first-order valence-electron chi connectivity index (χ1n) is 4.89. The van der Waals surface area contributed by atoms with Gasteiger partial charge in [0.25, 0.3) is 0 Å². The lowest BCUT2D eigenvalue weighted by Crippen LogP contribution is -2.21. The molecule has 0 N–H and O–H groups in total. The van der Waals surface area contributed by atoms with E-state index >= 15 is 0 Å². The molecule has 0 aromatic carbocycles. The van der Waals surface area contributed by atoms with E-state index in [1.54, 1.807) is 0 Å². The summed E-state index contributed by atoms with van der Waals surface area (Å²) in [5.41, 5.74) is 0. The second-order valence-corrected chi connectivity index (χ2v) is 3.82. The number of hydrogen-bond acceptors (Lipinski definition) is 1. The maximum absolute atomic E-state index is 5.81. The fraction of sp³-hybridized carbons (Fsp3) is 1.00. The van der Waals surface area contributed by atoms with Crippen LogP contribution >= 0.6 is 0 Å². The zero-order chi connectivity index (χ0) is 8.27. The van der Waals surface area contributed by atoms with E-state index in [1.807, 2.05) is 0 Å². The minimum absolute atomic E-state index is 0.409. The van der Waals surface area contributed by atoms with E-state index in [-0.39, 0.29) is 0 Å². The largest absolute Gasteiger partial charge is 0.375 e. The molecule has 1 aliphatic rings. The summed E-state index contributed by atoms with van der Waals surface area (Å²) in [6, 6.07) is 0. The van der Waals surface area contributed by atoms with E-state index in [4.69, 9.17) is 4.74 Å². The van der Waals surface area contributed by atoms with Gasteiger partial charge in [0.15, 0.2) is 0 Å².